The summed E-state index contributed by atoms with van der Waals surface area (Å²) in [5.41, 5.74) is 0.958. The molecule has 0 aromatic rings. The Bertz CT molecular complexity index is 45.3. The van der Waals surface area contributed by atoms with Crippen molar-refractivity contribution in [3.05, 3.63) is 0 Å². The highest BCUT2D eigenvalue weighted by atomic mass is 79.9. The average molecular weight is 181 g/mol. The Labute approximate surface area is 57.2 Å². The van der Waals surface area contributed by atoms with Gasteiger partial charge in [0.2, 0.25) is 0 Å². The minimum atomic E-state index is 0.740. The van der Waals surface area contributed by atoms with Gasteiger partial charge in [0.15, 0.2) is 0 Å². The fourth-order valence-electron chi connectivity index (χ4n) is 0.325. The largest absolute Gasteiger partial charge is 0.0894 e. The van der Waals surface area contributed by atoms with Gasteiger partial charge in [-0.3, -0.25) is 0 Å². The summed E-state index contributed by atoms with van der Waals surface area (Å²) in [6, 6.07) is 0. The SMILES string of the molecule is CCC([SiH3])C(C)Br. The lowest BCUT2D eigenvalue weighted by atomic mass is 10.3. The van der Waals surface area contributed by atoms with E-state index >= 15 is 0 Å². The van der Waals surface area contributed by atoms with E-state index in [1.54, 1.807) is 0 Å². The molecule has 0 aliphatic rings. The Morgan fingerprint density at radius 3 is 2.14 bits per heavy atom. The molecule has 0 aromatic heterocycles. The first kappa shape index (κ1) is 7.70. The van der Waals surface area contributed by atoms with Crippen LogP contribution < -0.4 is 0 Å². The number of rotatable bonds is 2. The van der Waals surface area contributed by atoms with E-state index in [0.29, 0.717) is 0 Å². The minimum absolute atomic E-state index is 0.740. The number of hydrogen-bond donors (Lipinski definition) is 0. The summed E-state index contributed by atoms with van der Waals surface area (Å²) in [6.07, 6.45) is 1.33. The lowest BCUT2D eigenvalue weighted by molar-refractivity contribution is 0.793. The standard InChI is InChI=1S/C5H13BrSi/c1-3-5(7)4(2)6/h4-5H,3H2,1-2,7H3. The Balaban J connectivity index is 3.14. The van der Waals surface area contributed by atoms with Crippen LogP contribution in [0.2, 0.25) is 5.54 Å². The van der Waals surface area contributed by atoms with E-state index in [9.17, 15) is 0 Å². The molecule has 0 fully saturated rings. The van der Waals surface area contributed by atoms with Crippen molar-refractivity contribution in [1.29, 1.82) is 0 Å². The van der Waals surface area contributed by atoms with E-state index < -0.39 is 0 Å². The number of hydrogen-bond acceptors (Lipinski definition) is 0. The third-order valence-electron chi connectivity index (χ3n) is 1.43. The van der Waals surface area contributed by atoms with Crippen LogP contribution >= 0.6 is 15.9 Å². The van der Waals surface area contributed by atoms with Gasteiger partial charge in [-0.15, -0.1) is 0 Å². The van der Waals surface area contributed by atoms with E-state index in [1.807, 2.05) is 0 Å². The molecule has 7 heavy (non-hydrogen) atoms. The Hall–Kier alpha value is 0.697. The molecule has 0 amide bonds. The van der Waals surface area contributed by atoms with Gasteiger partial charge < -0.3 is 0 Å². The van der Waals surface area contributed by atoms with Crippen LogP contribution in [0.1, 0.15) is 20.3 Å². The summed E-state index contributed by atoms with van der Waals surface area (Å²) in [7, 11) is 1.33. The number of alkyl halides is 1. The highest BCUT2D eigenvalue weighted by Crippen LogP contribution is 2.17. The van der Waals surface area contributed by atoms with Gasteiger partial charge in [-0.05, 0) is 5.54 Å². The molecule has 2 heteroatoms. The lowest BCUT2D eigenvalue weighted by Crippen LogP contribution is -2.01. The van der Waals surface area contributed by atoms with Crippen LogP contribution in [0.4, 0.5) is 0 Å². The van der Waals surface area contributed by atoms with E-state index in [1.165, 1.54) is 16.7 Å². The van der Waals surface area contributed by atoms with Crippen molar-refractivity contribution in [2.75, 3.05) is 0 Å². The summed E-state index contributed by atoms with van der Waals surface area (Å²) in [5.74, 6) is 0. The first-order valence-corrected chi connectivity index (χ1v) is 4.89. The van der Waals surface area contributed by atoms with Gasteiger partial charge in [0.05, 0.1) is 0 Å². The molecular weight excluding hydrogens is 168 g/mol. The predicted octanol–water partition coefficient (Wildman–Crippen LogP) is 1.33. The van der Waals surface area contributed by atoms with Crippen LogP contribution in [0.3, 0.4) is 0 Å². The maximum Gasteiger partial charge on any atom is 0.0113 e. The third kappa shape index (κ3) is 3.29. The summed E-state index contributed by atoms with van der Waals surface area (Å²) in [4.78, 5) is 0.740. The lowest BCUT2D eigenvalue weighted by Gasteiger charge is -2.08. The molecule has 0 radical (unpaired) electrons. The summed E-state index contributed by atoms with van der Waals surface area (Å²) in [5, 5.41) is 0. The molecule has 0 aliphatic carbocycles. The Kier molecular flexibility index (Phi) is 4.03. The molecule has 0 N–H and O–H groups in total. The molecule has 0 nitrogen and oxygen atoms in total. The van der Waals surface area contributed by atoms with Gasteiger partial charge in [0.25, 0.3) is 0 Å². The Morgan fingerprint density at radius 1 is 1.71 bits per heavy atom. The molecule has 2 atom stereocenters. The first-order valence-electron chi connectivity index (χ1n) is 2.82. The second-order valence-electron chi connectivity index (χ2n) is 2.06. The van der Waals surface area contributed by atoms with E-state index in [2.05, 4.69) is 29.8 Å². The number of halogens is 1. The fraction of sp³-hybridized carbons (Fsp3) is 1.00. The molecule has 0 aromatic carbocycles. The zero-order valence-electron chi connectivity index (χ0n) is 5.24. The van der Waals surface area contributed by atoms with E-state index in [0.717, 1.165) is 10.4 Å². The molecule has 2 unspecified atom stereocenters. The quantitative estimate of drug-likeness (QED) is 0.445. The topological polar surface area (TPSA) is 0 Å². The van der Waals surface area contributed by atoms with Crippen LogP contribution in [0, 0.1) is 0 Å². The molecule has 0 rings (SSSR count). The molecule has 0 saturated heterocycles. The van der Waals surface area contributed by atoms with Crippen molar-refractivity contribution in [3.63, 3.8) is 0 Å². The van der Waals surface area contributed by atoms with Crippen molar-refractivity contribution < 1.29 is 0 Å². The second-order valence-corrected chi connectivity index (χ2v) is 4.99. The van der Waals surface area contributed by atoms with E-state index in [-0.39, 0.29) is 0 Å². The average Bonchev–Trinajstić information content (AvgIpc) is 1.65. The Morgan fingerprint density at radius 2 is 2.14 bits per heavy atom. The van der Waals surface area contributed by atoms with Crippen LogP contribution in [0.15, 0.2) is 0 Å². The third-order valence-corrected chi connectivity index (χ3v) is 5.12. The fourth-order valence-corrected chi connectivity index (χ4v) is 0.699. The molecule has 0 spiro atoms. The van der Waals surface area contributed by atoms with Crippen molar-refractivity contribution in [2.45, 2.75) is 30.6 Å². The van der Waals surface area contributed by atoms with Crippen LogP contribution in [-0.2, 0) is 0 Å². The molecular formula is C5H13BrSi. The van der Waals surface area contributed by atoms with Gasteiger partial charge in [-0.1, -0.05) is 36.2 Å². The van der Waals surface area contributed by atoms with Crippen molar-refractivity contribution >= 4 is 26.2 Å². The summed E-state index contributed by atoms with van der Waals surface area (Å²) in [6.45, 7) is 4.47. The highest BCUT2D eigenvalue weighted by Gasteiger charge is 2.03. The van der Waals surface area contributed by atoms with Gasteiger partial charge >= 0.3 is 0 Å². The first-order chi connectivity index (χ1) is 3.18. The van der Waals surface area contributed by atoms with Crippen molar-refractivity contribution in [2.24, 2.45) is 0 Å². The van der Waals surface area contributed by atoms with Crippen molar-refractivity contribution in [3.8, 4) is 0 Å². The molecule has 0 saturated carbocycles. The maximum absolute atomic E-state index is 3.53. The van der Waals surface area contributed by atoms with Crippen LogP contribution in [0.5, 0.6) is 0 Å². The minimum Gasteiger partial charge on any atom is -0.0894 e. The predicted molar refractivity (Wildman–Crippen MR) is 42.4 cm³/mol. The van der Waals surface area contributed by atoms with Gasteiger partial charge in [0, 0.05) is 15.1 Å². The van der Waals surface area contributed by atoms with Gasteiger partial charge in [0.1, 0.15) is 0 Å². The molecule has 0 aliphatic heterocycles. The zero-order chi connectivity index (χ0) is 5.86. The molecule has 44 valence electrons. The van der Waals surface area contributed by atoms with E-state index in [4.69, 9.17) is 0 Å². The summed E-state index contributed by atoms with van der Waals surface area (Å²) < 4.78 is 0. The zero-order valence-corrected chi connectivity index (χ0v) is 8.83. The normalized spacial score (nSPS) is 19.3. The van der Waals surface area contributed by atoms with Crippen molar-refractivity contribution in [1.82, 2.24) is 0 Å². The summed E-state index contributed by atoms with van der Waals surface area (Å²) >= 11 is 3.53. The maximum atomic E-state index is 3.53. The molecule has 0 bridgehead atoms. The van der Waals surface area contributed by atoms with Gasteiger partial charge in [-0.2, -0.15) is 0 Å². The van der Waals surface area contributed by atoms with Crippen LogP contribution in [0.25, 0.3) is 0 Å². The highest BCUT2D eigenvalue weighted by molar-refractivity contribution is 9.09. The smallest absolute Gasteiger partial charge is 0.0113 e. The van der Waals surface area contributed by atoms with Crippen LogP contribution in [-0.4, -0.2) is 15.1 Å². The molecule has 0 heterocycles. The van der Waals surface area contributed by atoms with Gasteiger partial charge in [-0.25, -0.2) is 0 Å². The monoisotopic (exact) mass is 180 g/mol. The second kappa shape index (κ2) is 3.67.